The number of Topliss-reactive ketones (excluding diaryl/α,β-unsaturated/α-hetero) is 1. The molecule has 0 unspecified atom stereocenters. The number of carbonyl (C=O) groups is 2. The molecule has 2 rings (SSSR count). The maximum Gasteiger partial charge on any atom is 0.573 e. The highest BCUT2D eigenvalue weighted by Crippen LogP contribution is 2.26. The van der Waals surface area contributed by atoms with E-state index in [1.165, 1.54) is 37.3 Å². The molecule has 2 aromatic carbocycles. The highest BCUT2D eigenvalue weighted by atomic mass is 19.4. The van der Waals surface area contributed by atoms with Gasteiger partial charge in [0.05, 0.1) is 0 Å². The third kappa shape index (κ3) is 6.12. The molecule has 26 heavy (non-hydrogen) atoms. The number of hydrogen-bond acceptors (Lipinski definition) is 4. The van der Waals surface area contributed by atoms with Crippen LogP contribution in [0.4, 0.5) is 13.2 Å². The van der Waals surface area contributed by atoms with E-state index in [4.69, 9.17) is 4.74 Å². The Labute approximate surface area is 147 Å². The summed E-state index contributed by atoms with van der Waals surface area (Å²) < 4.78 is 46.3. The van der Waals surface area contributed by atoms with Gasteiger partial charge in [0.2, 0.25) is 0 Å². The summed E-state index contributed by atoms with van der Waals surface area (Å²) in [5, 5.41) is 2.45. The van der Waals surface area contributed by atoms with Crippen molar-refractivity contribution in [3.63, 3.8) is 0 Å². The smallest absolute Gasteiger partial charge is 0.484 e. The Morgan fingerprint density at radius 2 is 1.81 bits per heavy atom. The first-order chi connectivity index (χ1) is 12.2. The Hall–Kier alpha value is -3.03. The Morgan fingerprint density at radius 3 is 2.50 bits per heavy atom. The molecule has 0 saturated heterocycles. The normalized spacial score (nSPS) is 10.9. The first-order valence-electron chi connectivity index (χ1n) is 7.59. The lowest BCUT2D eigenvalue weighted by atomic mass is 10.1. The molecule has 2 aromatic rings. The van der Waals surface area contributed by atoms with Gasteiger partial charge in [0.25, 0.3) is 5.91 Å². The van der Waals surface area contributed by atoms with Crippen LogP contribution >= 0.6 is 0 Å². The largest absolute Gasteiger partial charge is 0.573 e. The maximum atomic E-state index is 12.4. The Morgan fingerprint density at radius 1 is 1.08 bits per heavy atom. The minimum atomic E-state index is -4.81. The maximum absolute atomic E-state index is 12.4. The van der Waals surface area contributed by atoms with Crippen LogP contribution < -0.4 is 14.8 Å². The van der Waals surface area contributed by atoms with E-state index in [2.05, 4.69) is 10.1 Å². The number of ether oxygens (including phenoxy) is 2. The number of ketones is 1. The van der Waals surface area contributed by atoms with E-state index in [1.807, 2.05) is 0 Å². The number of halogens is 3. The van der Waals surface area contributed by atoms with Gasteiger partial charge in [0, 0.05) is 17.7 Å². The van der Waals surface area contributed by atoms with Crippen molar-refractivity contribution in [2.75, 3.05) is 6.61 Å². The van der Waals surface area contributed by atoms with Gasteiger partial charge in [-0.3, -0.25) is 9.59 Å². The predicted octanol–water partition coefficient (Wildman–Crippen LogP) is 3.48. The van der Waals surface area contributed by atoms with Crippen molar-refractivity contribution in [2.24, 2.45) is 0 Å². The van der Waals surface area contributed by atoms with Crippen LogP contribution in [0.1, 0.15) is 22.8 Å². The van der Waals surface area contributed by atoms with Crippen LogP contribution in [0, 0.1) is 0 Å². The average molecular weight is 367 g/mol. The van der Waals surface area contributed by atoms with Gasteiger partial charge in [-0.1, -0.05) is 30.3 Å². The number of benzene rings is 2. The monoisotopic (exact) mass is 367 g/mol. The molecular formula is C18H16F3NO4. The van der Waals surface area contributed by atoms with Gasteiger partial charge in [-0.2, -0.15) is 0 Å². The molecule has 0 spiro atoms. The third-order valence-electron chi connectivity index (χ3n) is 3.28. The zero-order valence-corrected chi connectivity index (χ0v) is 13.8. The molecule has 0 aromatic heterocycles. The summed E-state index contributed by atoms with van der Waals surface area (Å²) in [4.78, 5) is 23.1. The molecular weight excluding hydrogens is 351 g/mol. The van der Waals surface area contributed by atoms with E-state index in [0.717, 1.165) is 0 Å². The first kappa shape index (κ1) is 19.3. The van der Waals surface area contributed by atoms with E-state index in [0.29, 0.717) is 11.3 Å². The Balaban J connectivity index is 1.90. The summed E-state index contributed by atoms with van der Waals surface area (Å²) in [7, 11) is 0. The average Bonchev–Trinajstić information content (AvgIpc) is 2.58. The van der Waals surface area contributed by atoms with Crippen molar-refractivity contribution in [3.05, 3.63) is 59.7 Å². The van der Waals surface area contributed by atoms with Gasteiger partial charge >= 0.3 is 6.36 Å². The summed E-state index contributed by atoms with van der Waals surface area (Å²) in [5.74, 6) is -0.703. The van der Waals surface area contributed by atoms with Crippen LogP contribution in [0.2, 0.25) is 0 Å². The van der Waals surface area contributed by atoms with Crippen LogP contribution in [-0.4, -0.2) is 24.7 Å². The van der Waals surface area contributed by atoms with Crippen LogP contribution in [0.25, 0.3) is 0 Å². The molecule has 138 valence electrons. The van der Waals surface area contributed by atoms with Gasteiger partial charge in [0.1, 0.15) is 11.5 Å². The lowest BCUT2D eigenvalue weighted by molar-refractivity contribution is -0.274. The van der Waals surface area contributed by atoms with Crippen molar-refractivity contribution in [2.45, 2.75) is 19.8 Å². The van der Waals surface area contributed by atoms with Gasteiger partial charge in [-0.15, -0.1) is 13.2 Å². The molecule has 5 nitrogen and oxygen atoms in total. The number of para-hydroxylation sites is 1. The van der Waals surface area contributed by atoms with Gasteiger partial charge in [-0.25, -0.2) is 0 Å². The molecule has 0 aliphatic carbocycles. The highest BCUT2D eigenvalue weighted by Gasteiger charge is 2.31. The molecule has 0 bridgehead atoms. The SMILES string of the molecule is CC(=O)c1cccc(OCC(=O)NCc2ccccc2OC(F)(F)F)c1. The van der Waals surface area contributed by atoms with Gasteiger partial charge < -0.3 is 14.8 Å². The van der Waals surface area contributed by atoms with E-state index >= 15 is 0 Å². The quantitative estimate of drug-likeness (QED) is 0.761. The zero-order valence-electron chi connectivity index (χ0n) is 13.8. The molecule has 0 aliphatic heterocycles. The number of rotatable bonds is 7. The zero-order chi connectivity index (χ0) is 19.2. The van der Waals surface area contributed by atoms with E-state index in [-0.39, 0.29) is 30.2 Å². The third-order valence-corrected chi connectivity index (χ3v) is 3.28. The van der Waals surface area contributed by atoms with E-state index < -0.39 is 12.3 Å². The second kappa shape index (κ2) is 8.37. The predicted molar refractivity (Wildman–Crippen MR) is 86.9 cm³/mol. The fourth-order valence-corrected chi connectivity index (χ4v) is 2.07. The second-order valence-electron chi connectivity index (χ2n) is 5.30. The standard InChI is InChI=1S/C18H16F3NO4/c1-12(23)13-6-4-7-15(9-13)25-11-17(24)22-10-14-5-2-3-8-16(14)26-18(19,20)21/h2-9H,10-11H2,1H3,(H,22,24). The lowest BCUT2D eigenvalue weighted by Crippen LogP contribution is -2.29. The molecule has 1 amide bonds. The number of nitrogens with one attached hydrogen (secondary N) is 1. The summed E-state index contributed by atoms with van der Waals surface area (Å²) >= 11 is 0. The number of alkyl halides is 3. The topological polar surface area (TPSA) is 64.6 Å². The van der Waals surface area contributed by atoms with Crippen LogP contribution in [0.15, 0.2) is 48.5 Å². The fourth-order valence-electron chi connectivity index (χ4n) is 2.07. The van der Waals surface area contributed by atoms with Crippen molar-refractivity contribution in [1.82, 2.24) is 5.32 Å². The first-order valence-corrected chi connectivity index (χ1v) is 7.59. The van der Waals surface area contributed by atoms with E-state index in [9.17, 15) is 22.8 Å². The molecule has 0 heterocycles. The molecule has 0 aliphatic rings. The fraction of sp³-hybridized carbons (Fsp3) is 0.222. The summed E-state index contributed by atoms with van der Waals surface area (Å²) in [6.45, 7) is 0.915. The van der Waals surface area contributed by atoms with Crippen molar-refractivity contribution >= 4 is 11.7 Å². The van der Waals surface area contributed by atoms with Crippen LogP contribution in [0.5, 0.6) is 11.5 Å². The molecule has 0 atom stereocenters. The highest BCUT2D eigenvalue weighted by molar-refractivity contribution is 5.94. The van der Waals surface area contributed by atoms with Crippen molar-refractivity contribution in [1.29, 1.82) is 0 Å². The summed E-state index contributed by atoms with van der Waals surface area (Å²) in [5.41, 5.74) is 0.623. The Kier molecular flexibility index (Phi) is 6.21. The van der Waals surface area contributed by atoms with Crippen LogP contribution in [0.3, 0.4) is 0 Å². The lowest BCUT2D eigenvalue weighted by Gasteiger charge is -2.14. The molecule has 0 radical (unpaired) electrons. The second-order valence-corrected chi connectivity index (χ2v) is 5.30. The Bertz CT molecular complexity index is 790. The minimum Gasteiger partial charge on any atom is -0.484 e. The molecule has 0 fully saturated rings. The summed E-state index contributed by atoms with van der Waals surface area (Å²) in [6.07, 6.45) is -4.81. The number of amides is 1. The number of carbonyl (C=O) groups excluding carboxylic acids is 2. The molecule has 8 heteroatoms. The van der Waals surface area contributed by atoms with E-state index in [1.54, 1.807) is 18.2 Å². The molecule has 1 N–H and O–H groups in total. The van der Waals surface area contributed by atoms with Gasteiger partial charge in [-0.05, 0) is 25.1 Å². The van der Waals surface area contributed by atoms with Gasteiger partial charge in [0.15, 0.2) is 12.4 Å². The summed E-state index contributed by atoms with van der Waals surface area (Å²) in [6, 6.07) is 11.8. The van der Waals surface area contributed by atoms with Crippen LogP contribution in [-0.2, 0) is 11.3 Å². The molecule has 0 saturated carbocycles. The minimum absolute atomic E-state index is 0.138. The van der Waals surface area contributed by atoms with Crippen molar-refractivity contribution in [3.8, 4) is 11.5 Å². The van der Waals surface area contributed by atoms with Crippen molar-refractivity contribution < 1.29 is 32.2 Å². The number of hydrogen-bond donors (Lipinski definition) is 1.